The zero-order chi connectivity index (χ0) is 19.8. The zero-order valence-corrected chi connectivity index (χ0v) is 16.7. The first-order valence-corrected chi connectivity index (χ1v) is 10.2. The van der Waals surface area contributed by atoms with Crippen LogP contribution >= 0.6 is 11.6 Å². The number of rotatable bonds is 3. The highest BCUT2D eigenvalue weighted by Gasteiger charge is 2.39. The van der Waals surface area contributed by atoms with E-state index in [0.29, 0.717) is 17.1 Å². The number of aromatic nitrogens is 2. The van der Waals surface area contributed by atoms with Gasteiger partial charge in [-0.05, 0) is 37.1 Å². The highest BCUT2D eigenvalue weighted by molar-refractivity contribution is 6.30. The molecule has 0 aliphatic carbocycles. The van der Waals surface area contributed by atoms with Crippen LogP contribution < -0.4 is 4.90 Å². The summed E-state index contributed by atoms with van der Waals surface area (Å²) >= 11 is 6.11. The second kappa shape index (κ2) is 7.55. The summed E-state index contributed by atoms with van der Waals surface area (Å²) in [4.78, 5) is 9.45. The van der Waals surface area contributed by atoms with Crippen molar-refractivity contribution in [3.8, 4) is 23.7 Å². The molecule has 6 heteroatoms. The molecule has 3 aromatic rings. The van der Waals surface area contributed by atoms with Gasteiger partial charge in [-0.15, -0.1) is 6.42 Å². The molecule has 4 heterocycles. The summed E-state index contributed by atoms with van der Waals surface area (Å²) < 4.78 is 5.64. The average molecular weight is 405 g/mol. The van der Waals surface area contributed by atoms with Gasteiger partial charge >= 0.3 is 0 Å². The summed E-state index contributed by atoms with van der Waals surface area (Å²) in [6, 6.07) is 14.5. The van der Waals surface area contributed by atoms with Crippen molar-refractivity contribution in [1.29, 1.82) is 0 Å². The van der Waals surface area contributed by atoms with Crippen LogP contribution in [0.1, 0.15) is 30.1 Å². The van der Waals surface area contributed by atoms with E-state index in [2.05, 4.69) is 31.9 Å². The predicted molar refractivity (Wildman–Crippen MR) is 114 cm³/mol. The van der Waals surface area contributed by atoms with E-state index in [1.807, 2.05) is 36.4 Å². The van der Waals surface area contributed by atoms with E-state index in [0.717, 1.165) is 60.9 Å². The van der Waals surface area contributed by atoms with Crippen molar-refractivity contribution >= 4 is 17.4 Å². The van der Waals surface area contributed by atoms with E-state index in [1.54, 1.807) is 6.20 Å². The van der Waals surface area contributed by atoms with Gasteiger partial charge in [-0.25, -0.2) is 4.98 Å². The van der Waals surface area contributed by atoms with Crippen LogP contribution in [-0.2, 0) is 0 Å². The van der Waals surface area contributed by atoms with Crippen molar-refractivity contribution < 1.29 is 4.52 Å². The molecule has 2 aromatic heterocycles. The topological polar surface area (TPSA) is 45.4 Å². The highest BCUT2D eigenvalue weighted by Crippen LogP contribution is 2.39. The summed E-state index contributed by atoms with van der Waals surface area (Å²) in [7, 11) is 0. The fourth-order valence-corrected chi connectivity index (χ4v) is 4.65. The van der Waals surface area contributed by atoms with Crippen LogP contribution in [-0.4, -0.2) is 40.7 Å². The third kappa shape index (κ3) is 3.50. The Morgan fingerprint density at radius 3 is 2.86 bits per heavy atom. The summed E-state index contributed by atoms with van der Waals surface area (Å²) in [6.07, 6.45) is 9.43. The molecule has 146 valence electrons. The van der Waals surface area contributed by atoms with Gasteiger partial charge in [0.2, 0.25) is 0 Å². The second-order valence-corrected chi connectivity index (χ2v) is 8.04. The Kier molecular flexibility index (Phi) is 4.75. The van der Waals surface area contributed by atoms with Crippen molar-refractivity contribution in [2.24, 2.45) is 0 Å². The van der Waals surface area contributed by atoms with Gasteiger partial charge < -0.3 is 9.42 Å². The lowest BCUT2D eigenvalue weighted by molar-refractivity contribution is 0.170. The molecule has 2 saturated heterocycles. The molecule has 1 unspecified atom stereocenters. The minimum absolute atomic E-state index is 0.301. The van der Waals surface area contributed by atoms with Crippen LogP contribution in [0, 0.1) is 12.3 Å². The summed E-state index contributed by atoms with van der Waals surface area (Å²) in [6.45, 7) is 2.89. The van der Waals surface area contributed by atoms with Crippen LogP contribution in [0.3, 0.4) is 0 Å². The number of fused-ring (bicyclic) bond motifs is 1. The minimum Gasteiger partial charge on any atom is -0.356 e. The van der Waals surface area contributed by atoms with Gasteiger partial charge in [0.25, 0.3) is 0 Å². The Morgan fingerprint density at radius 1 is 1.14 bits per heavy atom. The van der Waals surface area contributed by atoms with Gasteiger partial charge in [0.15, 0.2) is 5.76 Å². The molecule has 2 atom stereocenters. The fourth-order valence-electron chi connectivity index (χ4n) is 4.46. The fraction of sp³-hybridized carbons (Fsp3) is 0.304. The maximum Gasteiger partial charge on any atom is 0.167 e. The molecule has 0 radical (unpaired) electrons. The number of halogens is 1. The molecular formula is C23H21ClN4O. The van der Waals surface area contributed by atoms with E-state index in [4.69, 9.17) is 22.5 Å². The van der Waals surface area contributed by atoms with Gasteiger partial charge in [0, 0.05) is 54.1 Å². The van der Waals surface area contributed by atoms with Crippen molar-refractivity contribution in [2.45, 2.75) is 24.9 Å². The third-order valence-corrected chi connectivity index (χ3v) is 6.15. The van der Waals surface area contributed by atoms with E-state index in [1.165, 1.54) is 0 Å². The maximum absolute atomic E-state index is 6.11. The Bertz CT molecular complexity index is 1060. The smallest absolute Gasteiger partial charge is 0.167 e. The summed E-state index contributed by atoms with van der Waals surface area (Å²) in [5.74, 6) is 4.39. The van der Waals surface area contributed by atoms with Crippen molar-refractivity contribution in [3.63, 3.8) is 0 Å². The Balaban J connectivity index is 1.30. The molecule has 1 aromatic carbocycles. The van der Waals surface area contributed by atoms with Crippen molar-refractivity contribution in [1.82, 2.24) is 15.0 Å². The highest BCUT2D eigenvalue weighted by atomic mass is 35.5. The van der Waals surface area contributed by atoms with E-state index in [9.17, 15) is 0 Å². The third-order valence-electron chi connectivity index (χ3n) is 5.92. The SMILES string of the molecule is C#Cc1ccc(N2CCN3C(c4cc(-c5cccc(Cl)c5)on4)CC[C@H]3C2)nc1. The molecule has 2 aliphatic heterocycles. The summed E-state index contributed by atoms with van der Waals surface area (Å²) in [5, 5.41) is 5.08. The first-order valence-electron chi connectivity index (χ1n) is 9.87. The van der Waals surface area contributed by atoms with Gasteiger partial charge in [-0.2, -0.15) is 0 Å². The van der Waals surface area contributed by atoms with Gasteiger partial charge in [-0.3, -0.25) is 4.90 Å². The number of benzene rings is 1. The molecule has 2 aliphatic rings. The normalized spacial score (nSPS) is 21.7. The molecule has 2 fully saturated rings. The lowest BCUT2D eigenvalue weighted by atomic mass is 10.1. The molecule has 5 nitrogen and oxygen atoms in total. The van der Waals surface area contributed by atoms with E-state index < -0.39 is 0 Å². The monoisotopic (exact) mass is 404 g/mol. The Hall–Kier alpha value is -2.81. The maximum atomic E-state index is 6.11. The number of hydrogen-bond donors (Lipinski definition) is 0. The largest absolute Gasteiger partial charge is 0.356 e. The Labute approximate surface area is 175 Å². The number of pyridine rings is 1. The van der Waals surface area contributed by atoms with Crippen molar-refractivity contribution in [3.05, 3.63) is 64.9 Å². The van der Waals surface area contributed by atoms with Crippen LogP contribution in [0.2, 0.25) is 5.02 Å². The molecule has 0 bridgehead atoms. The lowest BCUT2D eigenvalue weighted by Gasteiger charge is -2.40. The molecular weight excluding hydrogens is 384 g/mol. The van der Waals surface area contributed by atoms with Crippen LogP contribution in [0.4, 0.5) is 5.82 Å². The summed E-state index contributed by atoms with van der Waals surface area (Å²) in [5.41, 5.74) is 2.78. The first kappa shape index (κ1) is 18.2. The van der Waals surface area contributed by atoms with E-state index in [-0.39, 0.29) is 0 Å². The van der Waals surface area contributed by atoms with Crippen molar-refractivity contribution in [2.75, 3.05) is 24.5 Å². The number of hydrogen-bond acceptors (Lipinski definition) is 5. The van der Waals surface area contributed by atoms with Gasteiger partial charge in [-0.1, -0.05) is 34.8 Å². The van der Waals surface area contributed by atoms with Gasteiger partial charge in [0.05, 0.1) is 6.04 Å². The molecule has 0 amide bonds. The molecule has 0 N–H and O–H groups in total. The lowest BCUT2D eigenvalue weighted by Crippen LogP contribution is -2.51. The number of nitrogens with zero attached hydrogens (tertiary/aromatic N) is 4. The molecule has 29 heavy (non-hydrogen) atoms. The zero-order valence-electron chi connectivity index (χ0n) is 16.0. The number of piperazine rings is 1. The van der Waals surface area contributed by atoms with E-state index >= 15 is 0 Å². The minimum atomic E-state index is 0.301. The second-order valence-electron chi connectivity index (χ2n) is 7.61. The quantitative estimate of drug-likeness (QED) is 0.605. The number of anilines is 1. The number of terminal acetylenes is 1. The standard InChI is InChI=1S/C23H21ClN4O/c1-2-16-6-9-23(25-14-16)27-10-11-28-19(15-27)7-8-21(28)20-13-22(29-26-20)17-4-3-5-18(24)12-17/h1,3-6,9,12-14,19,21H,7-8,10-11,15H2/t19-,21?/m0/s1. The predicted octanol–water partition coefficient (Wildman–Crippen LogP) is 4.40. The van der Waals surface area contributed by atoms with Crippen LogP contribution in [0.5, 0.6) is 0 Å². The molecule has 0 saturated carbocycles. The Morgan fingerprint density at radius 2 is 2.07 bits per heavy atom. The van der Waals surface area contributed by atoms with Gasteiger partial charge in [0.1, 0.15) is 11.5 Å². The molecule has 5 rings (SSSR count). The molecule has 0 spiro atoms. The first-order chi connectivity index (χ1) is 14.2. The average Bonchev–Trinajstić information content (AvgIpc) is 3.40. The van der Waals surface area contributed by atoms with Crippen LogP contribution in [0.25, 0.3) is 11.3 Å². The van der Waals surface area contributed by atoms with Crippen LogP contribution in [0.15, 0.2) is 53.2 Å².